The predicted octanol–water partition coefficient (Wildman–Crippen LogP) is 2.91. The first-order chi connectivity index (χ1) is 8.13. The van der Waals surface area contributed by atoms with E-state index in [2.05, 4.69) is 9.97 Å². The molecule has 0 fully saturated rings. The minimum Gasteiger partial charge on any atom is -0.497 e. The number of hydrogen-bond acceptors (Lipinski definition) is 3. The molecule has 4 heteroatoms. The van der Waals surface area contributed by atoms with Crippen LogP contribution in [0.5, 0.6) is 5.75 Å². The van der Waals surface area contributed by atoms with E-state index in [9.17, 15) is 4.39 Å². The lowest BCUT2D eigenvalue weighted by molar-refractivity contribution is 0.411. The van der Waals surface area contributed by atoms with Gasteiger partial charge in [-0.15, -0.1) is 0 Å². The summed E-state index contributed by atoms with van der Waals surface area (Å²) in [7, 11) is 1.51. The Morgan fingerprint density at radius 2 is 1.76 bits per heavy atom. The van der Waals surface area contributed by atoms with E-state index in [1.807, 2.05) is 13.8 Å². The number of rotatable bonds is 2. The van der Waals surface area contributed by atoms with Crippen molar-refractivity contribution in [1.29, 1.82) is 0 Å². The van der Waals surface area contributed by atoms with Crippen LogP contribution in [-0.2, 0) is 0 Å². The van der Waals surface area contributed by atoms with Crippen LogP contribution >= 0.6 is 0 Å². The fourth-order valence-corrected chi connectivity index (χ4v) is 1.81. The van der Waals surface area contributed by atoms with Crippen LogP contribution in [0, 0.1) is 19.7 Å². The molecule has 0 amide bonds. The Kier molecular flexibility index (Phi) is 3.04. The number of hydrogen-bond donors (Lipinski definition) is 0. The van der Waals surface area contributed by atoms with Gasteiger partial charge in [-0.2, -0.15) is 0 Å². The van der Waals surface area contributed by atoms with Crippen molar-refractivity contribution in [2.75, 3.05) is 7.11 Å². The second-order valence-corrected chi connectivity index (χ2v) is 3.77. The van der Waals surface area contributed by atoms with Crippen LogP contribution in [0.2, 0.25) is 0 Å². The molecule has 1 aromatic heterocycles. The molecule has 0 aliphatic carbocycles. The van der Waals surface area contributed by atoms with Crippen LogP contribution in [0.4, 0.5) is 4.39 Å². The molecule has 2 rings (SSSR count). The van der Waals surface area contributed by atoms with E-state index in [0.29, 0.717) is 11.3 Å². The van der Waals surface area contributed by atoms with Gasteiger partial charge in [0.05, 0.1) is 7.11 Å². The second kappa shape index (κ2) is 4.49. The summed E-state index contributed by atoms with van der Waals surface area (Å²) in [6, 6.07) is 4.78. The number of benzene rings is 1. The maximum atomic E-state index is 13.9. The molecule has 0 radical (unpaired) electrons. The van der Waals surface area contributed by atoms with Gasteiger partial charge in [0.25, 0.3) is 0 Å². The van der Waals surface area contributed by atoms with Crippen molar-refractivity contribution in [3.63, 3.8) is 0 Å². The molecular formula is C13H13FN2O. The molecule has 3 nitrogen and oxygen atoms in total. The molecule has 0 bridgehead atoms. The maximum absolute atomic E-state index is 13.9. The van der Waals surface area contributed by atoms with E-state index < -0.39 is 0 Å². The van der Waals surface area contributed by atoms with Crippen LogP contribution in [0.3, 0.4) is 0 Å². The Hall–Kier alpha value is -1.97. The average molecular weight is 232 g/mol. The SMILES string of the molecule is COc1ccc(-c2c(C)ncnc2C)c(F)c1. The molecule has 0 N–H and O–H groups in total. The molecule has 88 valence electrons. The number of aromatic nitrogens is 2. The van der Waals surface area contributed by atoms with E-state index in [4.69, 9.17) is 4.74 Å². The highest BCUT2D eigenvalue weighted by Gasteiger charge is 2.12. The van der Waals surface area contributed by atoms with Crippen LogP contribution in [0.1, 0.15) is 11.4 Å². The van der Waals surface area contributed by atoms with E-state index in [0.717, 1.165) is 17.0 Å². The quantitative estimate of drug-likeness (QED) is 0.798. The Balaban J connectivity index is 2.61. The second-order valence-electron chi connectivity index (χ2n) is 3.77. The summed E-state index contributed by atoms with van der Waals surface area (Å²) in [5.41, 5.74) is 2.78. The van der Waals surface area contributed by atoms with Crippen molar-refractivity contribution in [3.05, 3.63) is 41.7 Å². The van der Waals surface area contributed by atoms with E-state index >= 15 is 0 Å². The fraction of sp³-hybridized carbons (Fsp3) is 0.231. The lowest BCUT2D eigenvalue weighted by atomic mass is 10.0. The minimum atomic E-state index is -0.328. The van der Waals surface area contributed by atoms with E-state index in [1.54, 1.807) is 12.1 Å². The highest BCUT2D eigenvalue weighted by molar-refractivity contribution is 5.69. The van der Waals surface area contributed by atoms with E-state index in [-0.39, 0.29) is 5.82 Å². The fourth-order valence-electron chi connectivity index (χ4n) is 1.81. The van der Waals surface area contributed by atoms with Gasteiger partial charge in [0, 0.05) is 28.6 Å². The number of halogens is 1. The van der Waals surface area contributed by atoms with Crippen molar-refractivity contribution in [2.24, 2.45) is 0 Å². The first kappa shape index (κ1) is 11.5. The Labute approximate surface area is 99.3 Å². The Morgan fingerprint density at radius 1 is 1.12 bits per heavy atom. The van der Waals surface area contributed by atoms with Gasteiger partial charge in [0.15, 0.2) is 0 Å². The van der Waals surface area contributed by atoms with Gasteiger partial charge in [-0.1, -0.05) is 0 Å². The van der Waals surface area contributed by atoms with Gasteiger partial charge >= 0.3 is 0 Å². The summed E-state index contributed by atoms with van der Waals surface area (Å²) in [6.07, 6.45) is 1.48. The third kappa shape index (κ3) is 2.11. The molecule has 0 unspecified atom stereocenters. The summed E-state index contributed by atoms with van der Waals surface area (Å²) < 4.78 is 18.9. The lowest BCUT2D eigenvalue weighted by Crippen LogP contribution is -1.97. The van der Waals surface area contributed by atoms with Crippen molar-refractivity contribution in [3.8, 4) is 16.9 Å². The monoisotopic (exact) mass is 232 g/mol. The van der Waals surface area contributed by atoms with E-state index in [1.165, 1.54) is 19.5 Å². The Bertz CT molecular complexity index is 535. The van der Waals surface area contributed by atoms with Crippen LogP contribution in [0.15, 0.2) is 24.5 Å². The first-order valence-corrected chi connectivity index (χ1v) is 5.25. The largest absolute Gasteiger partial charge is 0.497 e. The molecule has 0 aliphatic heterocycles. The molecule has 0 saturated carbocycles. The smallest absolute Gasteiger partial charge is 0.134 e. The molecule has 2 aromatic rings. The predicted molar refractivity (Wildman–Crippen MR) is 63.5 cm³/mol. The van der Waals surface area contributed by atoms with Gasteiger partial charge in [-0.05, 0) is 26.0 Å². The summed E-state index contributed by atoms with van der Waals surface area (Å²) in [5.74, 6) is 0.170. The number of nitrogens with zero attached hydrogens (tertiary/aromatic N) is 2. The molecule has 0 spiro atoms. The van der Waals surface area contributed by atoms with Crippen LogP contribution < -0.4 is 4.74 Å². The average Bonchev–Trinajstić information content (AvgIpc) is 2.30. The summed E-state index contributed by atoms with van der Waals surface area (Å²) >= 11 is 0. The number of methoxy groups -OCH3 is 1. The molecular weight excluding hydrogens is 219 g/mol. The Morgan fingerprint density at radius 3 is 2.29 bits per heavy atom. The van der Waals surface area contributed by atoms with Gasteiger partial charge < -0.3 is 4.74 Å². The third-order valence-electron chi connectivity index (χ3n) is 2.67. The van der Waals surface area contributed by atoms with Crippen LogP contribution in [-0.4, -0.2) is 17.1 Å². The molecule has 17 heavy (non-hydrogen) atoms. The number of aryl methyl sites for hydroxylation is 2. The lowest BCUT2D eigenvalue weighted by Gasteiger charge is -2.10. The standard InChI is InChI=1S/C13H13FN2O/c1-8-13(9(2)16-7-15-8)11-5-4-10(17-3)6-12(11)14/h4-7H,1-3H3. The van der Waals surface area contributed by atoms with Crippen LogP contribution in [0.25, 0.3) is 11.1 Å². The molecule has 1 aromatic carbocycles. The zero-order chi connectivity index (χ0) is 12.4. The maximum Gasteiger partial charge on any atom is 0.134 e. The van der Waals surface area contributed by atoms with Crippen molar-refractivity contribution < 1.29 is 9.13 Å². The molecule has 1 heterocycles. The minimum absolute atomic E-state index is 0.328. The summed E-state index contributed by atoms with van der Waals surface area (Å²) in [5, 5.41) is 0. The van der Waals surface area contributed by atoms with Gasteiger partial charge in [0.1, 0.15) is 17.9 Å². The van der Waals surface area contributed by atoms with Crippen molar-refractivity contribution in [2.45, 2.75) is 13.8 Å². The third-order valence-corrected chi connectivity index (χ3v) is 2.67. The summed E-state index contributed by atoms with van der Waals surface area (Å²) in [6.45, 7) is 3.68. The first-order valence-electron chi connectivity index (χ1n) is 5.25. The normalized spacial score (nSPS) is 10.4. The van der Waals surface area contributed by atoms with Gasteiger partial charge in [0.2, 0.25) is 0 Å². The van der Waals surface area contributed by atoms with Crippen molar-refractivity contribution >= 4 is 0 Å². The van der Waals surface area contributed by atoms with Crippen molar-refractivity contribution in [1.82, 2.24) is 9.97 Å². The highest BCUT2D eigenvalue weighted by Crippen LogP contribution is 2.29. The van der Waals surface area contributed by atoms with Gasteiger partial charge in [-0.3, -0.25) is 0 Å². The molecule has 0 saturated heterocycles. The highest BCUT2D eigenvalue weighted by atomic mass is 19.1. The topological polar surface area (TPSA) is 35.0 Å². The summed E-state index contributed by atoms with van der Waals surface area (Å²) in [4.78, 5) is 8.18. The van der Waals surface area contributed by atoms with Gasteiger partial charge in [-0.25, -0.2) is 14.4 Å². The molecule has 0 aliphatic rings. The zero-order valence-electron chi connectivity index (χ0n) is 9.99. The number of ether oxygens (including phenoxy) is 1. The zero-order valence-corrected chi connectivity index (χ0v) is 9.99. The molecule has 0 atom stereocenters.